The fourth-order valence-corrected chi connectivity index (χ4v) is 2.87. The molecule has 0 unspecified atom stereocenters. The van der Waals surface area contributed by atoms with E-state index in [1.807, 2.05) is 39.0 Å². The van der Waals surface area contributed by atoms with E-state index in [9.17, 15) is 8.78 Å². The van der Waals surface area contributed by atoms with Gasteiger partial charge in [-0.15, -0.1) is 24.0 Å². The smallest absolute Gasteiger partial charge is 0.191 e. The van der Waals surface area contributed by atoms with Gasteiger partial charge in [0.05, 0.1) is 12.2 Å². The van der Waals surface area contributed by atoms with Crippen molar-refractivity contribution in [3.05, 3.63) is 76.7 Å². The van der Waals surface area contributed by atoms with Gasteiger partial charge in [-0.1, -0.05) is 6.07 Å². The van der Waals surface area contributed by atoms with Crippen LogP contribution in [0.1, 0.15) is 29.4 Å². The standard InChI is InChI=1S/C21H24F2N6.HI/c1-4-24-21(27-13-17-10-18(22)6-7-19(17)23)26-12-16-5-8-20(25-11-16)29-15(3)9-14(2)28-29;/h5-11H,4,12-13H2,1-3H3,(H2,24,26,27);1H. The Hall–Kier alpha value is -2.56. The van der Waals surface area contributed by atoms with Crippen LogP contribution in [-0.4, -0.2) is 27.3 Å². The number of aromatic nitrogens is 3. The van der Waals surface area contributed by atoms with E-state index in [-0.39, 0.29) is 36.1 Å². The van der Waals surface area contributed by atoms with E-state index in [1.165, 1.54) is 6.07 Å². The normalized spacial score (nSPS) is 11.2. The Morgan fingerprint density at radius 3 is 2.53 bits per heavy atom. The number of hydrogen-bond donors (Lipinski definition) is 2. The van der Waals surface area contributed by atoms with Crippen molar-refractivity contribution in [1.29, 1.82) is 0 Å². The molecule has 3 aromatic rings. The van der Waals surface area contributed by atoms with Gasteiger partial charge in [-0.3, -0.25) is 0 Å². The van der Waals surface area contributed by atoms with Crippen molar-refractivity contribution in [2.24, 2.45) is 4.99 Å². The summed E-state index contributed by atoms with van der Waals surface area (Å²) in [7, 11) is 0. The molecule has 9 heteroatoms. The second-order valence-corrected chi connectivity index (χ2v) is 6.65. The first-order valence-electron chi connectivity index (χ1n) is 9.41. The summed E-state index contributed by atoms with van der Waals surface area (Å²) in [6.45, 7) is 7.03. The zero-order valence-electron chi connectivity index (χ0n) is 17.1. The predicted octanol–water partition coefficient (Wildman–Crippen LogP) is 4.04. The molecule has 0 aliphatic heterocycles. The number of nitrogens with one attached hydrogen (secondary N) is 2. The Bertz CT molecular complexity index is 1000. The molecule has 0 radical (unpaired) electrons. The van der Waals surface area contributed by atoms with Crippen LogP contribution in [0.2, 0.25) is 0 Å². The minimum Gasteiger partial charge on any atom is -0.357 e. The highest BCUT2D eigenvalue weighted by atomic mass is 127. The molecule has 2 N–H and O–H groups in total. The van der Waals surface area contributed by atoms with Crippen LogP contribution in [0.25, 0.3) is 5.82 Å². The molecule has 1 aromatic carbocycles. The number of pyridine rings is 1. The largest absolute Gasteiger partial charge is 0.357 e. The molecular weight excluding hydrogens is 501 g/mol. The zero-order valence-corrected chi connectivity index (χ0v) is 19.4. The number of aliphatic imine (C=N–C) groups is 1. The van der Waals surface area contributed by atoms with Gasteiger partial charge in [0.1, 0.15) is 11.6 Å². The Morgan fingerprint density at radius 1 is 1.10 bits per heavy atom. The van der Waals surface area contributed by atoms with Crippen molar-refractivity contribution >= 4 is 29.9 Å². The van der Waals surface area contributed by atoms with Gasteiger partial charge in [0.2, 0.25) is 0 Å². The van der Waals surface area contributed by atoms with Crippen molar-refractivity contribution < 1.29 is 8.78 Å². The minimum atomic E-state index is -0.473. The summed E-state index contributed by atoms with van der Waals surface area (Å²) in [6.07, 6.45) is 1.76. The average molecular weight is 526 g/mol. The van der Waals surface area contributed by atoms with Crippen LogP contribution in [0.4, 0.5) is 8.78 Å². The molecule has 0 saturated heterocycles. The first-order valence-corrected chi connectivity index (χ1v) is 9.41. The number of guanidine groups is 1. The van der Waals surface area contributed by atoms with E-state index in [4.69, 9.17) is 0 Å². The molecule has 0 fully saturated rings. The molecule has 0 saturated carbocycles. The summed E-state index contributed by atoms with van der Waals surface area (Å²) < 4.78 is 28.9. The Kier molecular flexibility index (Phi) is 8.70. The second-order valence-electron chi connectivity index (χ2n) is 6.65. The molecule has 0 atom stereocenters. The molecule has 0 bridgehead atoms. The van der Waals surface area contributed by atoms with Crippen molar-refractivity contribution in [3.8, 4) is 5.82 Å². The van der Waals surface area contributed by atoms with Gasteiger partial charge >= 0.3 is 0 Å². The SMILES string of the molecule is CCNC(=NCc1ccc(-n2nc(C)cc2C)nc1)NCc1cc(F)ccc1F.I. The number of benzene rings is 1. The van der Waals surface area contributed by atoms with Crippen LogP contribution >= 0.6 is 24.0 Å². The number of halogens is 3. The summed E-state index contributed by atoms with van der Waals surface area (Å²) in [4.78, 5) is 8.95. The van der Waals surface area contributed by atoms with Crippen LogP contribution in [0.5, 0.6) is 0 Å². The molecule has 0 aliphatic carbocycles. The lowest BCUT2D eigenvalue weighted by atomic mass is 10.2. The lowest BCUT2D eigenvalue weighted by Crippen LogP contribution is -2.37. The molecule has 0 spiro atoms. The van der Waals surface area contributed by atoms with Crippen LogP contribution in [0.3, 0.4) is 0 Å². The number of hydrogen-bond acceptors (Lipinski definition) is 3. The highest BCUT2D eigenvalue weighted by molar-refractivity contribution is 14.0. The molecule has 2 heterocycles. The number of aryl methyl sites for hydroxylation is 2. The van der Waals surface area contributed by atoms with E-state index >= 15 is 0 Å². The fourth-order valence-electron chi connectivity index (χ4n) is 2.87. The van der Waals surface area contributed by atoms with Gasteiger partial charge in [0.15, 0.2) is 11.8 Å². The molecule has 0 amide bonds. The monoisotopic (exact) mass is 526 g/mol. The third-order valence-corrected chi connectivity index (χ3v) is 4.25. The summed E-state index contributed by atoms with van der Waals surface area (Å²) in [6, 6.07) is 9.22. The Labute approximate surface area is 191 Å². The molecule has 30 heavy (non-hydrogen) atoms. The van der Waals surface area contributed by atoms with Gasteiger partial charge in [-0.25, -0.2) is 23.4 Å². The Morgan fingerprint density at radius 2 is 1.90 bits per heavy atom. The minimum absolute atomic E-state index is 0. The van der Waals surface area contributed by atoms with Crippen molar-refractivity contribution in [2.45, 2.75) is 33.9 Å². The first-order chi connectivity index (χ1) is 14.0. The van der Waals surface area contributed by atoms with Crippen LogP contribution in [0, 0.1) is 25.5 Å². The van der Waals surface area contributed by atoms with E-state index in [2.05, 4.69) is 25.7 Å². The summed E-state index contributed by atoms with van der Waals surface area (Å²) in [5.41, 5.74) is 3.12. The third kappa shape index (κ3) is 6.22. The molecule has 3 rings (SSSR count). The van der Waals surface area contributed by atoms with Gasteiger partial charge in [0.25, 0.3) is 0 Å². The van der Waals surface area contributed by atoms with Gasteiger partial charge < -0.3 is 10.6 Å². The molecule has 2 aromatic heterocycles. The molecule has 160 valence electrons. The Balaban J connectivity index is 0.00000320. The average Bonchev–Trinajstić information content (AvgIpc) is 3.05. The van der Waals surface area contributed by atoms with Crippen molar-refractivity contribution in [1.82, 2.24) is 25.4 Å². The van der Waals surface area contributed by atoms with E-state index < -0.39 is 11.6 Å². The van der Waals surface area contributed by atoms with E-state index in [1.54, 1.807) is 10.9 Å². The summed E-state index contributed by atoms with van der Waals surface area (Å²) in [5, 5.41) is 10.5. The molecule has 6 nitrogen and oxygen atoms in total. The molecule has 0 aliphatic rings. The maximum atomic E-state index is 13.8. The molecular formula is C21H25F2IN6. The van der Waals surface area contributed by atoms with Crippen molar-refractivity contribution in [2.75, 3.05) is 6.54 Å². The van der Waals surface area contributed by atoms with Crippen LogP contribution in [0.15, 0.2) is 47.6 Å². The summed E-state index contributed by atoms with van der Waals surface area (Å²) >= 11 is 0. The van der Waals surface area contributed by atoms with Crippen molar-refractivity contribution in [3.63, 3.8) is 0 Å². The second kappa shape index (κ2) is 11.0. The number of nitrogens with zero attached hydrogens (tertiary/aromatic N) is 4. The van der Waals surface area contributed by atoms with Gasteiger partial charge in [0, 0.05) is 30.5 Å². The highest BCUT2D eigenvalue weighted by Crippen LogP contribution is 2.11. The quantitative estimate of drug-likeness (QED) is 0.289. The van der Waals surface area contributed by atoms with Gasteiger partial charge in [-0.05, 0) is 56.7 Å². The van der Waals surface area contributed by atoms with E-state index in [0.717, 1.165) is 34.9 Å². The zero-order chi connectivity index (χ0) is 20.8. The topological polar surface area (TPSA) is 67.1 Å². The lowest BCUT2D eigenvalue weighted by Gasteiger charge is -2.12. The van der Waals surface area contributed by atoms with Crippen LogP contribution in [-0.2, 0) is 13.1 Å². The maximum absolute atomic E-state index is 13.8. The maximum Gasteiger partial charge on any atom is 0.191 e. The van der Waals surface area contributed by atoms with E-state index in [0.29, 0.717) is 19.0 Å². The van der Waals surface area contributed by atoms with Gasteiger partial charge in [-0.2, -0.15) is 5.10 Å². The first kappa shape index (κ1) is 23.7. The fraction of sp³-hybridized carbons (Fsp3) is 0.286. The number of rotatable bonds is 6. The third-order valence-electron chi connectivity index (χ3n) is 4.25. The highest BCUT2D eigenvalue weighted by Gasteiger charge is 2.07. The van der Waals surface area contributed by atoms with Crippen LogP contribution < -0.4 is 10.6 Å². The summed E-state index contributed by atoms with van der Waals surface area (Å²) in [5.74, 6) is 0.325. The predicted molar refractivity (Wildman–Crippen MR) is 124 cm³/mol. The lowest BCUT2D eigenvalue weighted by molar-refractivity contribution is 0.581.